The third-order valence-corrected chi connectivity index (χ3v) is 8.98. The lowest BCUT2D eigenvalue weighted by Crippen LogP contribution is -2.29. The van der Waals surface area contributed by atoms with Crippen molar-refractivity contribution in [3.63, 3.8) is 0 Å². The Morgan fingerprint density at radius 2 is 0.956 bits per heavy atom. The molecule has 2 unspecified atom stereocenters. The molecule has 0 fully saturated rings. The Hall–Kier alpha value is -0.990. The van der Waals surface area contributed by atoms with Crippen LogP contribution in [0, 0.1) is 0 Å². The molecule has 0 rings (SSSR count). The monoisotopic (exact) mass is 663 g/mol. The van der Waals surface area contributed by atoms with Crippen LogP contribution in [0.4, 0.5) is 0 Å². The highest BCUT2D eigenvalue weighted by Crippen LogP contribution is 2.43. The van der Waals surface area contributed by atoms with E-state index in [4.69, 9.17) is 24.3 Å². The van der Waals surface area contributed by atoms with Gasteiger partial charge in [-0.15, -0.1) is 0 Å². The fourth-order valence-electron chi connectivity index (χ4n) is 5.22. The SMILES string of the molecule is CCCCCCCCCCCCCCCCCCCCCCC(=O)OC(COC(=O)CCCCCC)COP(=O)(O)OCCN. The van der Waals surface area contributed by atoms with Gasteiger partial charge >= 0.3 is 19.8 Å². The number of carbonyl (C=O) groups excluding carboxylic acids is 2. The number of hydrogen-bond acceptors (Lipinski definition) is 8. The predicted octanol–water partition coefficient (Wildman–Crippen LogP) is 9.72. The molecule has 9 nitrogen and oxygen atoms in total. The van der Waals surface area contributed by atoms with Crippen LogP contribution in [0.2, 0.25) is 0 Å². The van der Waals surface area contributed by atoms with Crippen molar-refractivity contribution in [3.8, 4) is 0 Å². The molecule has 0 bridgehead atoms. The van der Waals surface area contributed by atoms with Crippen LogP contribution in [0.1, 0.15) is 181 Å². The van der Waals surface area contributed by atoms with Crippen molar-refractivity contribution >= 4 is 19.8 Å². The predicted molar refractivity (Wildman–Crippen MR) is 183 cm³/mol. The molecule has 0 aliphatic rings. The quantitative estimate of drug-likeness (QED) is 0.0386. The van der Waals surface area contributed by atoms with Gasteiger partial charge in [-0.2, -0.15) is 0 Å². The zero-order valence-corrected chi connectivity index (χ0v) is 30.0. The first-order chi connectivity index (χ1) is 21.8. The molecule has 45 heavy (non-hydrogen) atoms. The standard InChI is InChI=1S/C35H70NO8P/c1-3-5-7-9-10-11-12-13-14-15-16-17-18-19-20-21-22-23-24-26-28-35(38)44-33(32-43-45(39,40)42-30-29-36)31-41-34(37)27-25-8-6-4-2/h33H,3-32,36H2,1-2H3,(H,39,40). The van der Waals surface area contributed by atoms with Gasteiger partial charge in [0.25, 0.3) is 0 Å². The van der Waals surface area contributed by atoms with E-state index in [0.717, 1.165) is 38.5 Å². The number of unbranched alkanes of at least 4 members (excludes halogenated alkanes) is 22. The molecule has 0 heterocycles. The van der Waals surface area contributed by atoms with Crippen LogP contribution < -0.4 is 5.73 Å². The van der Waals surface area contributed by atoms with Crippen LogP contribution in [-0.2, 0) is 32.7 Å². The molecule has 0 saturated carbocycles. The molecule has 2 atom stereocenters. The number of phosphoric ester groups is 1. The third-order valence-electron chi connectivity index (χ3n) is 7.99. The summed E-state index contributed by atoms with van der Waals surface area (Å²) < 4.78 is 32.3. The lowest BCUT2D eigenvalue weighted by molar-refractivity contribution is -0.161. The summed E-state index contributed by atoms with van der Waals surface area (Å²) in [6.45, 7) is 3.61. The fourth-order valence-corrected chi connectivity index (χ4v) is 5.99. The zero-order valence-electron chi connectivity index (χ0n) is 29.1. The first-order valence-corrected chi connectivity index (χ1v) is 20.0. The van der Waals surface area contributed by atoms with Gasteiger partial charge in [0, 0.05) is 19.4 Å². The second kappa shape index (κ2) is 32.9. The molecule has 10 heteroatoms. The van der Waals surface area contributed by atoms with Crippen LogP contribution in [0.15, 0.2) is 0 Å². The Kier molecular flexibility index (Phi) is 32.2. The smallest absolute Gasteiger partial charge is 0.462 e. The summed E-state index contributed by atoms with van der Waals surface area (Å²) in [6.07, 6.45) is 29.2. The largest absolute Gasteiger partial charge is 0.472 e. The lowest BCUT2D eigenvalue weighted by Gasteiger charge is -2.19. The van der Waals surface area contributed by atoms with E-state index in [-0.39, 0.29) is 32.6 Å². The van der Waals surface area contributed by atoms with Gasteiger partial charge in [-0.25, -0.2) is 4.57 Å². The normalized spacial score (nSPS) is 13.4. The maximum Gasteiger partial charge on any atom is 0.472 e. The van der Waals surface area contributed by atoms with Crippen molar-refractivity contribution in [1.82, 2.24) is 0 Å². The summed E-state index contributed by atoms with van der Waals surface area (Å²) >= 11 is 0. The minimum absolute atomic E-state index is 0.0570. The van der Waals surface area contributed by atoms with E-state index in [9.17, 15) is 19.0 Å². The van der Waals surface area contributed by atoms with Crippen LogP contribution in [0.3, 0.4) is 0 Å². The summed E-state index contributed by atoms with van der Waals surface area (Å²) in [5.41, 5.74) is 5.30. The van der Waals surface area contributed by atoms with Crippen LogP contribution >= 0.6 is 7.82 Å². The molecular weight excluding hydrogens is 593 g/mol. The first-order valence-electron chi connectivity index (χ1n) is 18.5. The zero-order chi connectivity index (χ0) is 33.3. The lowest BCUT2D eigenvalue weighted by atomic mass is 10.0. The Labute approximate surface area is 276 Å². The van der Waals surface area contributed by atoms with Crippen LogP contribution in [0.5, 0.6) is 0 Å². The number of nitrogens with two attached hydrogens (primary N) is 1. The van der Waals surface area contributed by atoms with Gasteiger partial charge in [0.2, 0.25) is 0 Å². The van der Waals surface area contributed by atoms with Crippen LogP contribution in [0.25, 0.3) is 0 Å². The highest BCUT2D eigenvalue weighted by atomic mass is 31.2. The van der Waals surface area contributed by atoms with E-state index in [0.29, 0.717) is 6.42 Å². The minimum atomic E-state index is -4.35. The van der Waals surface area contributed by atoms with Crippen molar-refractivity contribution < 1.29 is 37.6 Å². The van der Waals surface area contributed by atoms with E-state index in [1.807, 2.05) is 0 Å². The van der Waals surface area contributed by atoms with Crippen molar-refractivity contribution in [2.24, 2.45) is 5.73 Å². The summed E-state index contributed by atoms with van der Waals surface area (Å²) in [5.74, 6) is -0.839. The van der Waals surface area contributed by atoms with Gasteiger partial charge in [0.1, 0.15) is 6.61 Å². The van der Waals surface area contributed by atoms with Crippen molar-refractivity contribution in [2.45, 2.75) is 187 Å². The first kappa shape index (κ1) is 44.0. The number of rotatable bonds is 35. The molecule has 0 radical (unpaired) electrons. The molecule has 0 aliphatic carbocycles. The number of hydrogen-bond donors (Lipinski definition) is 2. The Balaban J connectivity index is 3.94. The second-order valence-corrected chi connectivity index (χ2v) is 13.9. The van der Waals surface area contributed by atoms with E-state index >= 15 is 0 Å². The van der Waals surface area contributed by atoms with Gasteiger partial charge in [0.15, 0.2) is 6.10 Å². The highest BCUT2D eigenvalue weighted by molar-refractivity contribution is 7.47. The molecule has 0 saturated heterocycles. The second-order valence-electron chi connectivity index (χ2n) is 12.5. The summed E-state index contributed by atoms with van der Waals surface area (Å²) in [7, 11) is -4.35. The number of phosphoric acid groups is 1. The summed E-state index contributed by atoms with van der Waals surface area (Å²) in [6, 6.07) is 0. The van der Waals surface area contributed by atoms with Gasteiger partial charge < -0.3 is 20.1 Å². The molecule has 0 amide bonds. The molecule has 0 aromatic heterocycles. The van der Waals surface area contributed by atoms with Crippen molar-refractivity contribution in [3.05, 3.63) is 0 Å². The minimum Gasteiger partial charge on any atom is -0.462 e. The van der Waals surface area contributed by atoms with Gasteiger partial charge in [-0.3, -0.25) is 18.6 Å². The molecule has 0 spiro atoms. The van der Waals surface area contributed by atoms with Gasteiger partial charge in [0.05, 0.1) is 13.2 Å². The van der Waals surface area contributed by atoms with E-state index < -0.39 is 32.5 Å². The summed E-state index contributed by atoms with van der Waals surface area (Å²) in [4.78, 5) is 34.3. The molecule has 3 N–H and O–H groups in total. The molecule has 268 valence electrons. The van der Waals surface area contributed by atoms with Crippen LogP contribution in [-0.4, -0.2) is 49.3 Å². The Bertz CT molecular complexity index is 724. The molecule has 0 aliphatic heterocycles. The summed E-state index contributed by atoms with van der Waals surface area (Å²) in [5, 5.41) is 0. The van der Waals surface area contributed by atoms with E-state index in [1.165, 1.54) is 109 Å². The Morgan fingerprint density at radius 3 is 1.38 bits per heavy atom. The van der Waals surface area contributed by atoms with E-state index in [2.05, 4.69) is 13.8 Å². The molecule has 0 aromatic rings. The Morgan fingerprint density at radius 1 is 0.578 bits per heavy atom. The molecular formula is C35H70NO8P. The number of carbonyl (C=O) groups is 2. The van der Waals surface area contributed by atoms with Gasteiger partial charge in [-0.05, 0) is 12.8 Å². The molecule has 0 aromatic carbocycles. The highest BCUT2D eigenvalue weighted by Gasteiger charge is 2.25. The topological polar surface area (TPSA) is 134 Å². The van der Waals surface area contributed by atoms with Crippen molar-refractivity contribution in [1.29, 1.82) is 0 Å². The number of ether oxygens (including phenoxy) is 2. The van der Waals surface area contributed by atoms with Crippen molar-refractivity contribution in [2.75, 3.05) is 26.4 Å². The average Bonchev–Trinajstić information content (AvgIpc) is 3.02. The fraction of sp³-hybridized carbons (Fsp3) is 0.943. The third kappa shape index (κ3) is 32.7. The average molecular weight is 664 g/mol. The van der Waals surface area contributed by atoms with E-state index in [1.54, 1.807) is 0 Å². The maximum atomic E-state index is 12.4. The number of esters is 2. The van der Waals surface area contributed by atoms with Gasteiger partial charge in [-0.1, -0.05) is 155 Å². The maximum absolute atomic E-state index is 12.4.